The van der Waals surface area contributed by atoms with Crippen molar-refractivity contribution in [2.24, 2.45) is 0 Å². The predicted molar refractivity (Wildman–Crippen MR) is 118 cm³/mol. The van der Waals surface area contributed by atoms with E-state index in [2.05, 4.69) is 10.4 Å². The smallest absolute Gasteiger partial charge is 0.320 e. The Hall–Kier alpha value is -2.91. The van der Waals surface area contributed by atoms with Gasteiger partial charge in [-0.25, -0.2) is 4.68 Å². The van der Waals surface area contributed by atoms with Crippen LogP contribution in [0.3, 0.4) is 0 Å². The van der Waals surface area contributed by atoms with Crippen LogP contribution in [0, 0.1) is 6.92 Å². The summed E-state index contributed by atoms with van der Waals surface area (Å²) in [7, 11) is -2.01. The number of nitrogens with one attached hydrogen (secondary N) is 1. The van der Waals surface area contributed by atoms with Crippen LogP contribution in [0.15, 0.2) is 64.3 Å². The Kier molecular flexibility index (Phi) is 6.66. The molecule has 10 heteroatoms. The lowest BCUT2D eigenvalue weighted by molar-refractivity contribution is -0.0334. The molecule has 3 rings (SSSR count). The van der Waals surface area contributed by atoms with Gasteiger partial charge in [-0.05, 0) is 62.4 Å². The van der Waals surface area contributed by atoms with E-state index in [1.807, 2.05) is 0 Å². The molecule has 1 aromatic heterocycles. The molecule has 1 atom stereocenters. The molecule has 162 valence electrons. The average molecular weight is 468 g/mol. The molecule has 0 aliphatic carbocycles. The molecule has 3 aromatic rings. The molecule has 5 nitrogen and oxygen atoms in total. The number of nitrogens with zero attached hydrogens (tertiary/aromatic N) is 2. The van der Waals surface area contributed by atoms with Crippen molar-refractivity contribution in [2.45, 2.75) is 24.3 Å². The van der Waals surface area contributed by atoms with Gasteiger partial charge in [0.15, 0.2) is 5.69 Å². The van der Waals surface area contributed by atoms with E-state index in [-0.39, 0.29) is 16.3 Å². The van der Waals surface area contributed by atoms with Gasteiger partial charge in [-0.1, -0.05) is 27.5 Å². The number of benzene rings is 2. The molecule has 0 saturated carbocycles. The summed E-state index contributed by atoms with van der Waals surface area (Å²) < 4.78 is 40.7. The van der Waals surface area contributed by atoms with Crippen LogP contribution in [-0.2, 0) is 0 Å². The van der Waals surface area contributed by atoms with Crippen molar-refractivity contribution >= 4 is 39.0 Å². The second-order valence-corrected chi connectivity index (χ2v) is 8.90. The summed E-state index contributed by atoms with van der Waals surface area (Å²) >= 11 is 5.89. The Morgan fingerprint density at radius 3 is 2.29 bits per heavy atom. The first-order valence-electron chi connectivity index (χ1n) is 8.98. The Bertz CT molecular complexity index is 1200. The fraction of sp³-hybridized carbons (Fsp3) is 0.143. The highest BCUT2D eigenvalue weighted by molar-refractivity contribution is 8.15. The molecule has 1 N–H and O–H groups in total. The monoisotopic (exact) mass is 467 g/mol. The molecule has 0 aliphatic heterocycles. The SMILES string of the molecule is CC=S(c1ccc(NC(=O)c2nn(-c3ccc(Cl)cc3)c(C)cc2=O)cc1)C(F)(F)F. The Labute approximate surface area is 183 Å². The second kappa shape index (κ2) is 9.07. The lowest BCUT2D eigenvalue weighted by Gasteiger charge is -2.14. The molecular weight excluding hydrogens is 451 g/mol. The van der Waals surface area contributed by atoms with Gasteiger partial charge in [0.25, 0.3) is 5.91 Å². The average Bonchev–Trinajstić information content (AvgIpc) is 2.69. The van der Waals surface area contributed by atoms with Crippen molar-refractivity contribution in [1.29, 1.82) is 0 Å². The Morgan fingerprint density at radius 2 is 1.74 bits per heavy atom. The number of anilines is 1. The van der Waals surface area contributed by atoms with Crippen molar-refractivity contribution in [2.75, 3.05) is 5.32 Å². The largest absolute Gasteiger partial charge is 0.440 e. The molecule has 0 radical (unpaired) electrons. The molecule has 1 heterocycles. The number of alkyl halides is 3. The predicted octanol–water partition coefficient (Wildman–Crippen LogP) is 5.42. The summed E-state index contributed by atoms with van der Waals surface area (Å²) in [6.07, 6.45) is 0. The molecule has 0 fully saturated rings. The van der Waals surface area contributed by atoms with Gasteiger partial charge in [-0.2, -0.15) is 18.3 Å². The van der Waals surface area contributed by atoms with E-state index in [0.29, 0.717) is 16.4 Å². The number of carbonyl (C=O) groups is 1. The third-order valence-electron chi connectivity index (χ3n) is 4.24. The summed E-state index contributed by atoms with van der Waals surface area (Å²) in [6, 6.07) is 13.3. The van der Waals surface area contributed by atoms with Crippen LogP contribution < -0.4 is 10.7 Å². The van der Waals surface area contributed by atoms with Crippen molar-refractivity contribution in [1.82, 2.24) is 9.78 Å². The highest BCUT2D eigenvalue weighted by Crippen LogP contribution is 2.43. The topological polar surface area (TPSA) is 64.0 Å². The number of rotatable bonds is 4. The van der Waals surface area contributed by atoms with E-state index >= 15 is 0 Å². The van der Waals surface area contributed by atoms with E-state index in [1.54, 1.807) is 31.2 Å². The van der Waals surface area contributed by atoms with Gasteiger partial charge in [0.2, 0.25) is 5.43 Å². The van der Waals surface area contributed by atoms with Crippen molar-refractivity contribution in [3.63, 3.8) is 0 Å². The zero-order chi connectivity index (χ0) is 22.8. The van der Waals surface area contributed by atoms with Gasteiger partial charge in [-0.3, -0.25) is 9.59 Å². The van der Waals surface area contributed by atoms with E-state index in [1.165, 1.54) is 41.9 Å². The third-order valence-corrected chi connectivity index (χ3v) is 6.25. The molecule has 0 aliphatic rings. The minimum absolute atomic E-state index is 0.0755. The number of aromatic nitrogens is 2. The highest BCUT2D eigenvalue weighted by atomic mass is 35.5. The first kappa shape index (κ1) is 22.8. The summed E-state index contributed by atoms with van der Waals surface area (Å²) in [4.78, 5) is 25.0. The van der Waals surface area contributed by atoms with Crippen LogP contribution in [0.2, 0.25) is 5.02 Å². The molecule has 0 bridgehead atoms. The van der Waals surface area contributed by atoms with Gasteiger partial charge < -0.3 is 5.32 Å². The zero-order valence-electron chi connectivity index (χ0n) is 16.4. The number of aryl methyl sites for hydroxylation is 1. The highest BCUT2D eigenvalue weighted by Gasteiger charge is 2.32. The molecule has 2 aromatic carbocycles. The number of hydrogen-bond acceptors (Lipinski definition) is 3. The Morgan fingerprint density at radius 1 is 1.13 bits per heavy atom. The lowest BCUT2D eigenvalue weighted by atomic mass is 10.2. The van der Waals surface area contributed by atoms with Crippen LogP contribution >= 0.6 is 22.1 Å². The van der Waals surface area contributed by atoms with Gasteiger partial charge in [-0.15, -0.1) is 0 Å². The number of carbonyl (C=O) groups excluding carboxylic acids is 1. The third kappa shape index (κ3) is 5.23. The van der Waals surface area contributed by atoms with Gasteiger partial charge in [0.1, 0.15) is 0 Å². The minimum Gasteiger partial charge on any atom is -0.320 e. The molecular formula is C21H17ClF3N3O2S. The van der Waals surface area contributed by atoms with E-state index < -0.39 is 27.3 Å². The van der Waals surface area contributed by atoms with Crippen molar-refractivity contribution in [3.05, 3.63) is 81.2 Å². The van der Waals surface area contributed by atoms with Gasteiger partial charge in [0.05, 0.1) is 5.69 Å². The molecule has 1 amide bonds. The van der Waals surface area contributed by atoms with Gasteiger partial charge >= 0.3 is 5.51 Å². The van der Waals surface area contributed by atoms with E-state index in [9.17, 15) is 22.8 Å². The maximum Gasteiger partial charge on any atom is 0.440 e. The first-order chi connectivity index (χ1) is 14.6. The fourth-order valence-electron chi connectivity index (χ4n) is 2.83. The number of halogens is 4. The second-order valence-electron chi connectivity index (χ2n) is 6.38. The summed E-state index contributed by atoms with van der Waals surface area (Å²) in [6.45, 7) is 3.02. The summed E-state index contributed by atoms with van der Waals surface area (Å²) in [5, 5.41) is 8.27. The zero-order valence-corrected chi connectivity index (χ0v) is 18.0. The lowest BCUT2D eigenvalue weighted by Crippen LogP contribution is -2.26. The summed E-state index contributed by atoms with van der Waals surface area (Å²) in [5.41, 5.74) is -3.93. The standard InChI is InChI=1S/C21H17ClF3N3O2S/c1-3-31(21(23,24)25)17-10-6-15(7-11-17)26-20(30)19-18(29)12-13(2)28(27-19)16-8-4-14(22)5-9-16/h3-12H,1-2H3,(H,26,30). The van der Waals surface area contributed by atoms with E-state index in [4.69, 9.17) is 11.6 Å². The van der Waals surface area contributed by atoms with Gasteiger partial charge in [0, 0.05) is 27.4 Å². The first-order valence-corrected chi connectivity index (χ1v) is 10.6. The molecule has 0 saturated heterocycles. The van der Waals surface area contributed by atoms with Crippen LogP contribution in [0.1, 0.15) is 23.1 Å². The molecule has 0 spiro atoms. The maximum absolute atomic E-state index is 13.1. The van der Waals surface area contributed by atoms with Crippen LogP contribution in [0.4, 0.5) is 18.9 Å². The molecule has 31 heavy (non-hydrogen) atoms. The fourth-order valence-corrected chi connectivity index (χ4v) is 4.19. The molecule has 1 unspecified atom stereocenters. The maximum atomic E-state index is 13.1. The quantitative estimate of drug-likeness (QED) is 0.521. The van der Waals surface area contributed by atoms with Crippen molar-refractivity contribution in [3.8, 4) is 5.69 Å². The van der Waals surface area contributed by atoms with E-state index in [0.717, 1.165) is 5.37 Å². The summed E-state index contributed by atoms with van der Waals surface area (Å²) in [5.74, 6) is -0.766. The van der Waals surface area contributed by atoms with Crippen molar-refractivity contribution < 1.29 is 18.0 Å². The van der Waals surface area contributed by atoms with Crippen LogP contribution in [0.5, 0.6) is 0 Å². The van der Waals surface area contributed by atoms with Crippen LogP contribution in [0.25, 0.3) is 5.69 Å². The Balaban J connectivity index is 1.88. The normalized spacial score (nSPS) is 12.6. The van der Waals surface area contributed by atoms with Crippen LogP contribution in [-0.4, -0.2) is 26.6 Å². The number of amides is 1. The minimum atomic E-state index is -4.38. The number of hydrogen-bond donors (Lipinski definition) is 1.